The van der Waals surface area contributed by atoms with Gasteiger partial charge in [0.2, 0.25) is 0 Å². The number of aromatic nitrogens is 1. The van der Waals surface area contributed by atoms with Crippen LogP contribution in [0, 0.1) is 12.8 Å². The summed E-state index contributed by atoms with van der Waals surface area (Å²) in [6.45, 7) is 4.34. The summed E-state index contributed by atoms with van der Waals surface area (Å²) in [4.78, 5) is 18.4. The molecule has 1 N–H and O–H groups in total. The van der Waals surface area contributed by atoms with Gasteiger partial charge in [-0.3, -0.25) is 4.98 Å². The lowest BCUT2D eigenvalue weighted by molar-refractivity contribution is 0.202. The predicted molar refractivity (Wildman–Crippen MR) is 89.0 cm³/mol. The molecule has 23 heavy (non-hydrogen) atoms. The van der Waals surface area contributed by atoms with Gasteiger partial charge in [-0.15, -0.1) is 0 Å². The van der Waals surface area contributed by atoms with Gasteiger partial charge >= 0.3 is 6.03 Å². The van der Waals surface area contributed by atoms with Crippen molar-refractivity contribution in [3.05, 3.63) is 65.5 Å². The van der Waals surface area contributed by atoms with E-state index in [2.05, 4.69) is 41.5 Å². The van der Waals surface area contributed by atoms with Crippen molar-refractivity contribution in [1.82, 2.24) is 15.2 Å². The number of piperidine rings is 1. The Kier molecular flexibility index (Phi) is 3.33. The molecule has 2 atom stereocenters. The van der Waals surface area contributed by atoms with Crippen LogP contribution >= 0.6 is 0 Å². The number of benzene rings is 1. The first-order valence-corrected chi connectivity index (χ1v) is 8.16. The average molecular weight is 307 g/mol. The maximum absolute atomic E-state index is 12.4. The van der Waals surface area contributed by atoms with Gasteiger partial charge in [0.05, 0.1) is 0 Å². The molecule has 0 radical (unpaired) electrons. The van der Waals surface area contributed by atoms with Gasteiger partial charge in [0, 0.05) is 37.4 Å². The van der Waals surface area contributed by atoms with E-state index in [1.54, 1.807) is 12.4 Å². The molecular weight excluding hydrogens is 286 g/mol. The number of nitrogens with zero attached hydrogens (tertiary/aromatic N) is 2. The number of rotatable bonds is 3. The second kappa shape index (κ2) is 5.37. The molecule has 2 aromatic rings. The van der Waals surface area contributed by atoms with Crippen LogP contribution in [0.5, 0.6) is 0 Å². The van der Waals surface area contributed by atoms with E-state index in [4.69, 9.17) is 0 Å². The lowest BCUT2D eigenvalue weighted by Crippen LogP contribution is -2.40. The molecule has 118 valence electrons. The molecule has 4 nitrogen and oxygen atoms in total. The molecule has 0 spiro atoms. The molecule has 1 aliphatic carbocycles. The summed E-state index contributed by atoms with van der Waals surface area (Å²) in [7, 11) is 0. The normalized spacial score (nSPS) is 25.1. The molecule has 2 aliphatic rings. The predicted octanol–water partition coefficient (Wildman–Crippen LogP) is 2.87. The second-order valence-corrected chi connectivity index (χ2v) is 6.82. The van der Waals surface area contributed by atoms with Gasteiger partial charge in [0.15, 0.2) is 0 Å². The minimum absolute atomic E-state index is 0.0348. The molecule has 4 heteroatoms. The van der Waals surface area contributed by atoms with Crippen LogP contribution in [0.3, 0.4) is 0 Å². The van der Waals surface area contributed by atoms with E-state index in [1.807, 2.05) is 17.0 Å². The lowest BCUT2D eigenvalue weighted by Gasteiger charge is -2.22. The van der Waals surface area contributed by atoms with Crippen LogP contribution in [0.2, 0.25) is 0 Å². The van der Waals surface area contributed by atoms with Crippen molar-refractivity contribution in [3.63, 3.8) is 0 Å². The van der Waals surface area contributed by atoms with Gasteiger partial charge in [-0.25, -0.2) is 4.79 Å². The van der Waals surface area contributed by atoms with Crippen molar-refractivity contribution in [2.45, 2.75) is 25.3 Å². The Hall–Kier alpha value is -2.36. The molecule has 1 aromatic heterocycles. The summed E-state index contributed by atoms with van der Waals surface area (Å²) in [6.07, 6.45) is 4.74. The minimum Gasteiger partial charge on any atom is -0.334 e. The number of likely N-dealkylation sites (tertiary alicyclic amines) is 1. The van der Waals surface area contributed by atoms with Crippen molar-refractivity contribution >= 4 is 6.03 Å². The molecule has 2 heterocycles. The van der Waals surface area contributed by atoms with E-state index < -0.39 is 0 Å². The number of carbonyl (C=O) groups excluding carboxylic acids is 1. The fourth-order valence-corrected chi connectivity index (χ4v) is 3.76. The van der Waals surface area contributed by atoms with E-state index in [-0.39, 0.29) is 11.4 Å². The van der Waals surface area contributed by atoms with Crippen molar-refractivity contribution in [3.8, 4) is 0 Å². The number of carbonyl (C=O) groups is 1. The molecule has 1 aromatic carbocycles. The quantitative estimate of drug-likeness (QED) is 0.947. The summed E-state index contributed by atoms with van der Waals surface area (Å²) in [6, 6.07) is 12.7. The number of hydrogen-bond acceptors (Lipinski definition) is 2. The molecule has 0 bridgehead atoms. The average Bonchev–Trinajstić information content (AvgIpc) is 3.15. The van der Waals surface area contributed by atoms with Crippen molar-refractivity contribution in [1.29, 1.82) is 0 Å². The van der Waals surface area contributed by atoms with E-state index in [9.17, 15) is 4.79 Å². The van der Waals surface area contributed by atoms with E-state index in [1.165, 1.54) is 17.5 Å². The third-order valence-corrected chi connectivity index (χ3v) is 5.23. The smallest absolute Gasteiger partial charge is 0.317 e. The zero-order chi connectivity index (χ0) is 15.9. The topological polar surface area (TPSA) is 45.2 Å². The van der Waals surface area contributed by atoms with Gasteiger partial charge in [-0.1, -0.05) is 35.9 Å². The van der Waals surface area contributed by atoms with Gasteiger partial charge in [-0.05, 0) is 36.5 Å². The molecule has 1 saturated heterocycles. The molecule has 2 amide bonds. The number of aryl methyl sites for hydroxylation is 1. The highest BCUT2D eigenvalue weighted by Crippen LogP contribution is 2.58. The number of amides is 2. The number of hydrogen-bond donors (Lipinski definition) is 1. The van der Waals surface area contributed by atoms with Gasteiger partial charge < -0.3 is 10.2 Å². The molecule has 1 aliphatic heterocycles. The van der Waals surface area contributed by atoms with Crippen LogP contribution < -0.4 is 5.32 Å². The van der Waals surface area contributed by atoms with Gasteiger partial charge in [0.25, 0.3) is 0 Å². The highest BCUT2D eigenvalue weighted by atomic mass is 16.2. The Balaban J connectivity index is 1.39. The van der Waals surface area contributed by atoms with Crippen LogP contribution in [-0.2, 0) is 12.0 Å². The van der Waals surface area contributed by atoms with Crippen molar-refractivity contribution in [2.75, 3.05) is 13.1 Å². The van der Waals surface area contributed by atoms with Crippen LogP contribution in [0.4, 0.5) is 4.79 Å². The van der Waals surface area contributed by atoms with E-state index in [0.717, 1.165) is 18.7 Å². The highest BCUT2D eigenvalue weighted by Gasteiger charge is 2.61. The molecular formula is C19H21N3O. The monoisotopic (exact) mass is 307 g/mol. The maximum Gasteiger partial charge on any atom is 0.317 e. The fraction of sp³-hybridized carbons (Fsp3) is 0.368. The Morgan fingerprint density at radius 3 is 2.91 bits per heavy atom. The SMILES string of the molecule is Cc1ccc(C23CC2CN(C(=O)NCc2cccnc2)C3)cc1. The summed E-state index contributed by atoms with van der Waals surface area (Å²) in [5, 5.41) is 3.01. The summed E-state index contributed by atoms with van der Waals surface area (Å²) in [5.74, 6) is 0.620. The number of fused-ring (bicyclic) bond motifs is 1. The second-order valence-electron chi connectivity index (χ2n) is 6.82. The Bertz CT molecular complexity index is 713. The van der Waals surface area contributed by atoms with Crippen LogP contribution in [0.1, 0.15) is 23.1 Å². The van der Waals surface area contributed by atoms with Crippen LogP contribution in [-0.4, -0.2) is 29.0 Å². The Morgan fingerprint density at radius 2 is 2.17 bits per heavy atom. The standard InChI is InChI=1S/C19H21N3O/c1-14-4-6-16(7-5-14)19-9-17(19)12-22(13-19)18(23)21-11-15-3-2-8-20-10-15/h2-8,10,17H,9,11-13H2,1H3,(H,21,23). The molecule has 2 unspecified atom stereocenters. The van der Waals surface area contributed by atoms with E-state index >= 15 is 0 Å². The number of pyridine rings is 1. The first-order chi connectivity index (χ1) is 11.2. The summed E-state index contributed by atoms with van der Waals surface area (Å²) >= 11 is 0. The minimum atomic E-state index is 0.0348. The van der Waals surface area contributed by atoms with Crippen molar-refractivity contribution in [2.24, 2.45) is 5.92 Å². The lowest BCUT2D eigenvalue weighted by atomic mass is 9.94. The van der Waals surface area contributed by atoms with Crippen molar-refractivity contribution < 1.29 is 4.79 Å². The third kappa shape index (κ3) is 2.58. The van der Waals surface area contributed by atoms with Gasteiger partial charge in [-0.2, -0.15) is 0 Å². The maximum atomic E-state index is 12.4. The summed E-state index contributed by atoms with van der Waals surface area (Å²) < 4.78 is 0. The zero-order valence-electron chi connectivity index (χ0n) is 13.3. The van der Waals surface area contributed by atoms with Gasteiger partial charge in [0.1, 0.15) is 0 Å². The van der Waals surface area contributed by atoms with Crippen LogP contribution in [0.15, 0.2) is 48.8 Å². The molecule has 1 saturated carbocycles. The number of urea groups is 1. The number of nitrogens with one attached hydrogen (secondary N) is 1. The highest BCUT2D eigenvalue weighted by molar-refractivity contribution is 5.75. The first-order valence-electron chi connectivity index (χ1n) is 8.16. The Labute approximate surface area is 136 Å². The largest absolute Gasteiger partial charge is 0.334 e. The molecule has 4 rings (SSSR count). The first kappa shape index (κ1) is 14.2. The Morgan fingerprint density at radius 1 is 1.35 bits per heavy atom. The zero-order valence-corrected chi connectivity index (χ0v) is 13.3. The molecule has 2 fully saturated rings. The third-order valence-electron chi connectivity index (χ3n) is 5.23. The van der Waals surface area contributed by atoms with E-state index in [0.29, 0.717) is 12.5 Å². The fourth-order valence-electron chi connectivity index (χ4n) is 3.76. The summed E-state index contributed by atoms with van der Waals surface area (Å²) in [5.41, 5.74) is 3.90. The van der Waals surface area contributed by atoms with Crippen LogP contribution in [0.25, 0.3) is 0 Å².